The van der Waals surface area contributed by atoms with Gasteiger partial charge in [0.15, 0.2) is 0 Å². The molecule has 1 aliphatic heterocycles. The maximum absolute atomic E-state index is 12.3. The molecule has 1 N–H and O–H groups in total. The molecule has 0 atom stereocenters. The van der Waals surface area contributed by atoms with Crippen molar-refractivity contribution in [2.24, 2.45) is 0 Å². The van der Waals surface area contributed by atoms with Gasteiger partial charge in [0.1, 0.15) is 0 Å². The largest absolute Gasteiger partial charge is 0.368 e. The summed E-state index contributed by atoms with van der Waals surface area (Å²) >= 11 is 20.2. The number of nitrogens with zero attached hydrogens (tertiary/aromatic N) is 2. The molecule has 0 bridgehead atoms. The van der Waals surface area contributed by atoms with E-state index in [2.05, 4.69) is 21.2 Å². The molecule has 8 heteroatoms. The highest BCUT2D eigenvalue weighted by atomic mass is 35.5. The van der Waals surface area contributed by atoms with E-state index in [1.54, 1.807) is 0 Å². The van der Waals surface area contributed by atoms with Gasteiger partial charge in [-0.1, -0.05) is 53.0 Å². The predicted octanol–water partition coefficient (Wildman–Crippen LogP) is 6.70. The van der Waals surface area contributed by atoms with Gasteiger partial charge in [-0.3, -0.25) is 9.69 Å². The molecule has 4 rings (SSSR count). The Morgan fingerprint density at radius 3 is 2.30 bits per heavy atom. The molecule has 172 valence electrons. The van der Waals surface area contributed by atoms with Gasteiger partial charge in [-0.2, -0.15) is 0 Å². The molecular weight excluding hydrogens is 497 g/mol. The average Bonchev–Trinajstić information content (AvgIpc) is 2.81. The van der Waals surface area contributed by atoms with E-state index in [9.17, 15) is 4.79 Å². The number of carbonyl (C=O) groups excluding carboxylic acids is 1. The van der Waals surface area contributed by atoms with Gasteiger partial charge in [-0.05, 0) is 54.1 Å². The highest BCUT2D eigenvalue weighted by Crippen LogP contribution is 2.30. The number of piperazine rings is 1. The van der Waals surface area contributed by atoms with Crippen molar-refractivity contribution in [2.75, 3.05) is 42.1 Å². The van der Waals surface area contributed by atoms with E-state index in [-0.39, 0.29) is 5.91 Å². The molecule has 0 saturated carbocycles. The number of thioether (sulfide) groups is 1. The Labute approximate surface area is 213 Å². The van der Waals surface area contributed by atoms with Crippen LogP contribution in [0.3, 0.4) is 0 Å². The van der Waals surface area contributed by atoms with E-state index in [1.165, 1.54) is 11.8 Å². The van der Waals surface area contributed by atoms with Crippen molar-refractivity contribution in [3.63, 3.8) is 0 Å². The minimum absolute atomic E-state index is 0.0769. The second-order valence-electron chi connectivity index (χ2n) is 7.81. The predicted molar refractivity (Wildman–Crippen MR) is 141 cm³/mol. The normalized spacial score (nSPS) is 14.3. The molecule has 1 saturated heterocycles. The zero-order valence-corrected chi connectivity index (χ0v) is 21.0. The van der Waals surface area contributed by atoms with Crippen LogP contribution in [-0.2, 0) is 11.3 Å². The number of rotatable bonds is 7. The summed E-state index contributed by atoms with van der Waals surface area (Å²) in [6.45, 7) is 4.48. The Morgan fingerprint density at radius 2 is 1.61 bits per heavy atom. The smallest absolute Gasteiger partial charge is 0.234 e. The minimum Gasteiger partial charge on any atom is -0.368 e. The van der Waals surface area contributed by atoms with Gasteiger partial charge in [0, 0.05) is 53.4 Å². The highest BCUT2D eigenvalue weighted by Gasteiger charge is 2.20. The summed E-state index contributed by atoms with van der Waals surface area (Å²) in [6.07, 6.45) is 0. The van der Waals surface area contributed by atoms with Crippen LogP contribution in [0.5, 0.6) is 0 Å². The fourth-order valence-electron chi connectivity index (χ4n) is 3.73. The fourth-order valence-corrected chi connectivity index (χ4v) is 5.05. The summed E-state index contributed by atoms with van der Waals surface area (Å²) in [5.41, 5.74) is 2.84. The Balaban J connectivity index is 1.28. The van der Waals surface area contributed by atoms with E-state index in [4.69, 9.17) is 34.8 Å². The number of anilines is 2. The van der Waals surface area contributed by atoms with E-state index in [0.29, 0.717) is 21.5 Å². The van der Waals surface area contributed by atoms with Gasteiger partial charge in [0.2, 0.25) is 5.91 Å². The molecule has 0 unspecified atom stereocenters. The van der Waals surface area contributed by atoms with Crippen LogP contribution in [0.4, 0.5) is 11.4 Å². The monoisotopic (exact) mass is 519 g/mol. The molecule has 3 aromatic rings. The van der Waals surface area contributed by atoms with E-state index in [0.717, 1.165) is 53.9 Å². The summed E-state index contributed by atoms with van der Waals surface area (Å²) in [5, 5.41) is 5.05. The summed E-state index contributed by atoms with van der Waals surface area (Å²) < 4.78 is 0. The molecule has 4 nitrogen and oxygen atoms in total. The van der Waals surface area contributed by atoms with Crippen molar-refractivity contribution < 1.29 is 4.79 Å². The lowest BCUT2D eigenvalue weighted by atomic mass is 10.2. The number of hydrogen-bond donors (Lipinski definition) is 1. The molecule has 0 aliphatic carbocycles. The number of hydrogen-bond acceptors (Lipinski definition) is 4. The van der Waals surface area contributed by atoms with Gasteiger partial charge in [0.25, 0.3) is 0 Å². The molecule has 0 spiro atoms. The van der Waals surface area contributed by atoms with Gasteiger partial charge in [-0.15, -0.1) is 11.8 Å². The van der Waals surface area contributed by atoms with Crippen molar-refractivity contribution in [1.29, 1.82) is 0 Å². The standard InChI is InChI=1S/C25H24Cl3N3OS/c26-19-5-8-21(9-6-19)33-17-25(32)29-20-7-10-24(23(28)15-20)31-13-11-30(12-14-31)16-18-3-1-2-4-22(18)27/h1-10,15H,11-14,16-17H2,(H,29,32). The average molecular weight is 521 g/mol. The lowest BCUT2D eigenvalue weighted by molar-refractivity contribution is -0.113. The Morgan fingerprint density at radius 1 is 0.879 bits per heavy atom. The molecule has 0 aromatic heterocycles. The first-order valence-electron chi connectivity index (χ1n) is 10.7. The van der Waals surface area contributed by atoms with Crippen LogP contribution < -0.4 is 10.2 Å². The van der Waals surface area contributed by atoms with Crippen molar-refractivity contribution in [1.82, 2.24) is 4.90 Å². The molecule has 1 amide bonds. The Hall–Kier alpha value is -1.89. The van der Waals surface area contributed by atoms with Crippen LogP contribution in [0.15, 0.2) is 71.6 Å². The third kappa shape index (κ3) is 6.81. The zero-order valence-electron chi connectivity index (χ0n) is 17.9. The van der Waals surface area contributed by atoms with Crippen molar-refractivity contribution in [3.05, 3.63) is 87.4 Å². The summed E-state index contributed by atoms with van der Waals surface area (Å²) in [6, 6.07) is 21.1. The maximum Gasteiger partial charge on any atom is 0.234 e. The lowest BCUT2D eigenvalue weighted by Crippen LogP contribution is -2.46. The van der Waals surface area contributed by atoms with Gasteiger partial charge >= 0.3 is 0 Å². The molecule has 1 fully saturated rings. The molecule has 33 heavy (non-hydrogen) atoms. The Bertz CT molecular complexity index is 1100. The van der Waals surface area contributed by atoms with Crippen molar-refractivity contribution in [2.45, 2.75) is 11.4 Å². The van der Waals surface area contributed by atoms with Crippen molar-refractivity contribution >= 4 is 63.8 Å². The molecule has 1 aliphatic rings. The third-order valence-electron chi connectivity index (χ3n) is 5.48. The fraction of sp³-hybridized carbons (Fsp3) is 0.240. The Kier molecular flexibility index (Phi) is 8.45. The van der Waals surface area contributed by atoms with E-state index >= 15 is 0 Å². The minimum atomic E-state index is -0.0769. The lowest BCUT2D eigenvalue weighted by Gasteiger charge is -2.36. The van der Waals surface area contributed by atoms with Gasteiger partial charge in [0.05, 0.1) is 16.5 Å². The van der Waals surface area contributed by atoms with Gasteiger partial charge in [-0.25, -0.2) is 0 Å². The number of nitrogens with one attached hydrogen (secondary N) is 1. The number of benzene rings is 3. The molecule has 1 heterocycles. The quantitative estimate of drug-likeness (QED) is 0.352. The van der Waals surface area contributed by atoms with Crippen LogP contribution in [0, 0.1) is 0 Å². The van der Waals surface area contributed by atoms with Crippen molar-refractivity contribution in [3.8, 4) is 0 Å². The number of carbonyl (C=O) groups is 1. The summed E-state index contributed by atoms with van der Waals surface area (Å²) in [4.78, 5) is 18.0. The van der Waals surface area contributed by atoms with E-state index < -0.39 is 0 Å². The first-order chi connectivity index (χ1) is 16.0. The first-order valence-corrected chi connectivity index (χ1v) is 12.8. The molecular formula is C25H24Cl3N3OS. The number of amides is 1. The van der Waals surface area contributed by atoms with Crippen LogP contribution in [0.25, 0.3) is 0 Å². The first kappa shape index (κ1) is 24.2. The van der Waals surface area contributed by atoms with Crippen LogP contribution >= 0.6 is 46.6 Å². The number of halogens is 3. The zero-order chi connectivity index (χ0) is 23.2. The van der Waals surface area contributed by atoms with Crippen LogP contribution in [-0.4, -0.2) is 42.7 Å². The molecule has 0 radical (unpaired) electrons. The second kappa shape index (κ2) is 11.5. The van der Waals surface area contributed by atoms with E-state index in [1.807, 2.05) is 60.7 Å². The highest BCUT2D eigenvalue weighted by molar-refractivity contribution is 8.00. The van der Waals surface area contributed by atoms with Crippen LogP contribution in [0.2, 0.25) is 15.1 Å². The second-order valence-corrected chi connectivity index (χ2v) is 10.1. The third-order valence-corrected chi connectivity index (χ3v) is 7.42. The topological polar surface area (TPSA) is 35.6 Å². The SMILES string of the molecule is O=C(CSc1ccc(Cl)cc1)Nc1ccc(N2CCN(Cc3ccccc3Cl)CC2)c(Cl)c1. The van der Waals surface area contributed by atoms with Gasteiger partial charge < -0.3 is 10.2 Å². The van der Waals surface area contributed by atoms with Crippen LogP contribution in [0.1, 0.15) is 5.56 Å². The summed E-state index contributed by atoms with van der Waals surface area (Å²) in [5.74, 6) is 0.237. The maximum atomic E-state index is 12.3. The molecule has 3 aromatic carbocycles. The summed E-state index contributed by atoms with van der Waals surface area (Å²) in [7, 11) is 0.